The Labute approximate surface area is 199 Å². The van der Waals surface area contributed by atoms with E-state index in [1.807, 2.05) is 12.1 Å². The van der Waals surface area contributed by atoms with Crippen LogP contribution in [-0.2, 0) is 23.2 Å². The second kappa shape index (κ2) is 9.02. The number of hydrogen-bond acceptors (Lipinski definition) is 5. The van der Waals surface area contributed by atoms with Crippen LogP contribution in [0.3, 0.4) is 0 Å². The number of rotatable bonds is 6. The van der Waals surface area contributed by atoms with Crippen LogP contribution in [0.15, 0.2) is 36.4 Å². The molecule has 0 radical (unpaired) electrons. The Hall–Kier alpha value is -2.93. The van der Waals surface area contributed by atoms with Crippen molar-refractivity contribution in [2.45, 2.75) is 51.6 Å². The number of aromatic nitrogens is 2. The van der Waals surface area contributed by atoms with Crippen molar-refractivity contribution in [3.05, 3.63) is 59.2 Å². The summed E-state index contributed by atoms with van der Waals surface area (Å²) in [5.74, 6) is 1.83. The van der Waals surface area contributed by atoms with Crippen molar-refractivity contribution in [1.29, 1.82) is 0 Å². The quantitative estimate of drug-likeness (QED) is 0.483. The molecule has 0 saturated carbocycles. The highest BCUT2D eigenvalue weighted by Crippen LogP contribution is 2.38. The molecule has 1 aromatic heterocycles. The summed E-state index contributed by atoms with van der Waals surface area (Å²) >= 11 is 0. The number of carbonyl (C=O) groups is 1. The fourth-order valence-electron chi connectivity index (χ4n) is 5.30. The van der Waals surface area contributed by atoms with Gasteiger partial charge >= 0.3 is 5.97 Å². The lowest BCUT2D eigenvalue weighted by atomic mass is 9.90. The maximum Gasteiger partial charge on any atom is 0.338 e. The first-order valence-corrected chi connectivity index (χ1v) is 12.1. The molecule has 0 aliphatic carbocycles. The Morgan fingerprint density at radius 1 is 1.21 bits per heavy atom. The molecule has 0 amide bonds. The predicted octanol–water partition coefficient (Wildman–Crippen LogP) is 4.93. The van der Waals surface area contributed by atoms with E-state index < -0.39 is 0 Å². The Bertz CT molecular complexity index is 1190. The van der Waals surface area contributed by atoms with Crippen molar-refractivity contribution in [3.8, 4) is 5.75 Å². The molecular weight excluding hydrogens is 433 g/mol. The van der Waals surface area contributed by atoms with Gasteiger partial charge in [0, 0.05) is 0 Å². The van der Waals surface area contributed by atoms with E-state index in [-0.39, 0.29) is 17.3 Å². The topological polar surface area (TPSA) is 56.6 Å². The lowest BCUT2D eigenvalue weighted by Gasteiger charge is -2.36. The van der Waals surface area contributed by atoms with Crippen LogP contribution < -0.4 is 4.74 Å². The van der Waals surface area contributed by atoms with Crippen LogP contribution in [-0.4, -0.2) is 47.2 Å². The van der Waals surface area contributed by atoms with Crippen LogP contribution in [0.5, 0.6) is 5.75 Å². The van der Waals surface area contributed by atoms with E-state index >= 15 is 0 Å². The summed E-state index contributed by atoms with van der Waals surface area (Å²) in [4.78, 5) is 19.6. The molecule has 0 spiro atoms. The molecule has 2 aliphatic rings. The van der Waals surface area contributed by atoms with Crippen LogP contribution >= 0.6 is 0 Å². The van der Waals surface area contributed by atoms with Gasteiger partial charge in [-0.05, 0) is 88.4 Å². The van der Waals surface area contributed by atoms with E-state index in [4.69, 9.17) is 14.5 Å². The molecule has 1 fully saturated rings. The first-order valence-electron chi connectivity index (χ1n) is 12.1. The van der Waals surface area contributed by atoms with E-state index in [2.05, 4.69) is 23.3 Å². The minimum absolute atomic E-state index is 0.175. The first-order chi connectivity index (χ1) is 16.3. The molecule has 34 heavy (non-hydrogen) atoms. The highest BCUT2D eigenvalue weighted by Gasteiger charge is 2.34. The molecule has 3 heterocycles. The van der Waals surface area contributed by atoms with E-state index in [9.17, 15) is 9.18 Å². The minimum Gasteiger partial charge on any atom is -0.489 e. The third-order valence-corrected chi connectivity index (χ3v) is 7.22. The smallest absolute Gasteiger partial charge is 0.338 e. The zero-order chi connectivity index (χ0) is 23.9. The summed E-state index contributed by atoms with van der Waals surface area (Å²) in [6.07, 6.45) is 4.46. The number of nitrogens with zero attached hydrogens (tertiary/aromatic N) is 3. The zero-order valence-electron chi connectivity index (χ0n) is 20.1. The van der Waals surface area contributed by atoms with Crippen LogP contribution in [0.25, 0.3) is 11.0 Å². The Morgan fingerprint density at radius 2 is 1.94 bits per heavy atom. The van der Waals surface area contributed by atoms with Crippen molar-refractivity contribution in [2.24, 2.45) is 5.92 Å². The number of methoxy groups -OCH3 is 1. The molecule has 6 nitrogen and oxygen atoms in total. The highest BCUT2D eigenvalue weighted by atomic mass is 19.1. The fraction of sp³-hybridized carbons (Fsp3) is 0.481. The van der Waals surface area contributed by atoms with Gasteiger partial charge in [-0.1, -0.05) is 12.1 Å². The minimum atomic E-state index is -0.384. The third kappa shape index (κ3) is 4.41. The number of likely N-dealkylation sites (tertiary alicyclic amines) is 1. The van der Waals surface area contributed by atoms with Gasteiger partial charge in [0.15, 0.2) is 0 Å². The summed E-state index contributed by atoms with van der Waals surface area (Å²) in [7, 11) is 1.38. The van der Waals surface area contributed by atoms with E-state index in [0.717, 1.165) is 62.2 Å². The molecule has 1 saturated heterocycles. The van der Waals surface area contributed by atoms with Crippen molar-refractivity contribution in [3.63, 3.8) is 0 Å². The molecule has 7 heteroatoms. The number of esters is 1. The summed E-state index contributed by atoms with van der Waals surface area (Å²) in [6, 6.07) is 10.4. The van der Waals surface area contributed by atoms with E-state index in [1.165, 1.54) is 12.7 Å². The number of ether oxygens (including phenoxy) is 2. The van der Waals surface area contributed by atoms with Gasteiger partial charge in [0.25, 0.3) is 0 Å². The molecule has 2 aliphatic heterocycles. The molecule has 2 aromatic carbocycles. The van der Waals surface area contributed by atoms with Gasteiger partial charge in [0.1, 0.15) is 29.5 Å². The first kappa shape index (κ1) is 22.8. The van der Waals surface area contributed by atoms with Crippen molar-refractivity contribution < 1.29 is 18.7 Å². The van der Waals surface area contributed by atoms with Gasteiger partial charge in [-0.15, -0.1) is 0 Å². The van der Waals surface area contributed by atoms with Gasteiger partial charge in [-0.3, -0.25) is 4.90 Å². The number of halogens is 1. The lowest BCUT2D eigenvalue weighted by Crippen LogP contribution is -2.40. The van der Waals surface area contributed by atoms with Gasteiger partial charge < -0.3 is 14.0 Å². The van der Waals surface area contributed by atoms with Gasteiger partial charge in [-0.2, -0.15) is 0 Å². The fourth-order valence-corrected chi connectivity index (χ4v) is 5.30. The van der Waals surface area contributed by atoms with Crippen molar-refractivity contribution in [2.75, 3.05) is 26.8 Å². The van der Waals surface area contributed by atoms with Crippen LogP contribution in [0.4, 0.5) is 4.39 Å². The Kier molecular flexibility index (Phi) is 6.06. The number of benzene rings is 2. The summed E-state index contributed by atoms with van der Waals surface area (Å²) in [5, 5.41) is 0. The number of piperidine rings is 1. The monoisotopic (exact) mass is 465 g/mol. The molecule has 0 unspecified atom stereocenters. The van der Waals surface area contributed by atoms with Gasteiger partial charge in [0.05, 0.1) is 30.3 Å². The maximum atomic E-state index is 13.1. The summed E-state index contributed by atoms with van der Waals surface area (Å²) in [6.45, 7) is 7.69. The van der Waals surface area contributed by atoms with Crippen LogP contribution in [0.1, 0.15) is 54.9 Å². The molecule has 0 N–H and O–H groups in total. The second-order valence-corrected chi connectivity index (χ2v) is 10.2. The molecule has 5 rings (SSSR count). The maximum absolute atomic E-state index is 13.1. The lowest BCUT2D eigenvalue weighted by molar-refractivity contribution is 0.0600. The summed E-state index contributed by atoms with van der Waals surface area (Å²) in [5.41, 5.74) is 3.17. The van der Waals surface area contributed by atoms with Gasteiger partial charge in [-0.25, -0.2) is 14.2 Å². The van der Waals surface area contributed by atoms with Gasteiger partial charge in [0.2, 0.25) is 0 Å². The molecule has 3 aromatic rings. The third-order valence-electron chi connectivity index (χ3n) is 7.22. The average molecular weight is 466 g/mol. The van der Waals surface area contributed by atoms with Crippen molar-refractivity contribution >= 4 is 17.0 Å². The van der Waals surface area contributed by atoms with Crippen molar-refractivity contribution in [1.82, 2.24) is 14.5 Å². The molecular formula is C27H32FN3O3. The SMILES string of the molecule is COC(=O)c1cc2c3c(c1)nc(CN1CCC(CCc4ccc(F)cc4)CC1)n3C(C)(C)CO2. The Balaban J connectivity index is 1.29. The number of imidazole rings is 1. The predicted molar refractivity (Wildman–Crippen MR) is 129 cm³/mol. The molecule has 180 valence electrons. The standard InChI is InChI=1S/C27H32FN3O3/c1-27(2)17-34-23-15-20(26(32)33-3)14-22-25(23)31(27)24(29-22)16-30-12-10-19(11-13-30)5-4-18-6-8-21(28)9-7-18/h6-9,14-15,19H,4-5,10-13,16-17H2,1-3H3. The molecule has 0 atom stereocenters. The van der Waals surface area contributed by atoms with E-state index in [0.29, 0.717) is 23.8 Å². The largest absolute Gasteiger partial charge is 0.489 e. The highest BCUT2D eigenvalue weighted by molar-refractivity contribution is 5.96. The normalized spacial score (nSPS) is 18.1. The summed E-state index contributed by atoms with van der Waals surface area (Å²) < 4.78 is 26.4. The zero-order valence-corrected chi connectivity index (χ0v) is 20.1. The molecule has 0 bridgehead atoms. The number of hydrogen-bond donors (Lipinski definition) is 0. The van der Waals surface area contributed by atoms with E-state index in [1.54, 1.807) is 24.3 Å². The van der Waals surface area contributed by atoms with Crippen LogP contribution in [0, 0.1) is 11.7 Å². The Morgan fingerprint density at radius 3 is 2.65 bits per heavy atom. The number of aryl methyl sites for hydroxylation is 1. The van der Waals surface area contributed by atoms with Crippen LogP contribution in [0.2, 0.25) is 0 Å². The number of carbonyl (C=O) groups excluding carboxylic acids is 1. The average Bonchev–Trinajstić information content (AvgIpc) is 3.21. The second-order valence-electron chi connectivity index (χ2n) is 10.2.